The highest BCUT2D eigenvalue weighted by atomic mass is 35.5. The number of hydrogen-bond acceptors (Lipinski definition) is 7. The first-order chi connectivity index (χ1) is 13.6. The maximum atomic E-state index is 14.7. The SMILES string of the molecule is Nc1nc(-n2c(=O)n(N)c(=O)c3cc(F)c(N4CC(O)C4)c(Cl)c32)c(F)cc1F. The van der Waals surface area contributed by atoms with Crippen molar-refractivity contribution < 1.29 is 18.3 Å². The lowest BCUT2D eigenvalue weighted by molar-refractivity contribution is 0.141. The van der Waals surface area contributed by atoms with E-state index < -0.39 is 62.4 Å². The number of benzene rings is 1. The normalized spacial score (nSPS) is 14.4. The summed E-state index contributed by atoms with van der Waals surface area (Å²) in [6.45, 7) is 0.104. The number of aromatic nitrogens is 3. The smallest absolute Gasteiger partial charge is 0.356 e. The van der Waals surface area contributed by atoms with Crippen molar-refractivity contribution in [1.29, 1.82) is 0 Å². The Kier molecular flexibility index (Phi) is 4.20. The van der Waals surface area contributed by atoms with Crippen LogP contribution in [0.4, 0.5) is 24.7 Å². The van der Waals surface area contributed by atoms with E-state index >= 15 is 0 Å². The van der Waals surface area contributed by atoms with Crippen LogP contribution in [-0.2, 0) is 0 Å². The number of rotatable bonds is 2. The second kappa shape index (κ2) is 6.39. The molecule has 0 atom stereocenters. The van der Waals surface area contributed by atoms with Gasteiger partial charge in [0.1, 0.15) is 5.82 Å². The molecule has 5 N–H and O–H groups in total. The highest BCUT2D eigenvalue weighted by Crippen LogP contribution is 2.37. The van der Waals surface area contributed by atoms with E-state index in [1.165, 1.54) is 4.90 Å². The molecule has 9 nitrogen and oxygen atoms in total. The van der Waals surface area contributed by atoms with Gasteiger partial charge in [0, 0.05) is 19.2 Å². The molecule has 4 rings (SSSR count). The average molecular weight is 429 g/mol. The molecule has 1 aromatic carbocycles. The standard InChI is InChI=1S/C16H12ClF3N6O3/c17-10-11-6(1-7(18)12(10)24-3-5(27)4-24)15(28)26(22)16(29)25(11)14-9(20)2-8(19)13(21)23-14/h1-2,5,27H,3-4,22H2,(H2,21,23). The fourth-order valence-electron chi connectivity index (χ4n) is 3.15. The molecule has 0 amide bonds. The monoisotopic (exact) mass is 428 g/mol. The summed E-state index contributed by atoms with van der Waals surface area (Å²) in [7, 11) is 0. The van der Waals surface area contributed by atoms with Crippen molar-refractivity contribution in [2.45, 2.75) is 6.10 Å². The van der Waals surface area contributed by atoms with Gasteiger partial charge in [-0.05, 0) is 6.07 Å². The quantitative estimate of drug-likeness (QED) is 0.493. The Morgan fingerprint density at radius 2 is 1.79 bits per heavy atom. The molecule has 1 aliphatic rings. The Balaban J connectivity index is 2.17. The van der Waals surface area contributed by atoms with Crippen LogP contribution in [0.5, 0.6) is 0 Å². The maximum absolute atomic E-state index is 14.7. The zero-order valence-corrected chi connectivity index (χ0v) is 15.1. The highest BCUT2D eigenvalue weighted by molar-refractivity contribution is 6.38. The summed E-state index contributed by atoms with van der Waals surface area (Å²) in [5.41, 5.74) is 2.43. The number of aliphatic hydroxyl groups is 1. The molecule has 29 heavy (non-hydrogen) atoms. The van der Waals surface area contributed by atoms with E-state index in [-0.39, 0.29) is 23.5 Å². The second-order valence-electron chi connectivity index (χ2n) is 6.43. The molecule has 0 aliphatic carbocycles. The largest absolute Gasteiger partial charge is 0.389 e. The van der Waals surface area contributed by atoms with Gasteiger partial charge in [-0.1, -0.05) is 11.6 Å². The topological polar surface area (TPSA) is 132 Å². The Hall–Kier alpha value is -3.25. The molecule has 0 saturated carbocycles. The number of nitrogens with zero attached hydrogens (tertiary/aromatic N) is 4. The van der Waals surface area contributed by atoms with Crippen LogP contribution in [0.15, 0.2) is 21.7 Å². The molecule has 152 valence electrons. The van der Waals surface area contributed by atoms with Gasteiger partial charge in [0.05, 0.1) is 27.7 Å². The number of anilines is 2. The van der Waals surface area contributed by atoms with Crippen molar-refractivity contribution in [3.8, 4) is 5.82 Å². The summed E-state index contributed by atoms with van der Waals surface area (Å²) in [5, 5.41) is 8.63. The molecule has 3 aromatic rings. The summed E-state index contributed by atoms with van der Waals surface area (Å²) in [5.74, 6) is 0.591. The van der Waals surface area contributed by atoms with Crippen LogP contribution < -0.4 is 27.7 Å². The van der Waals surface area contributed by atoms with Crippen LogP contribution in [0.1, 0.15) is 0 Å². The average Bonchev–Trinajstić information content (AvgIpc) is 2.63. The molecular formula is C16H12ClF3N6O3. The van der Waals surface area contributed by atoms with E-state index in [2.05, 4.69) is 4.98 Å². The molecular weight excluding hydrogens is 417 g/mol. The number of nitrogen functional groups attached to an aromatic ring is 2. The number of pyridine rings is 1. The number of hydrogen-bond donors (Lipinski definition) is 3. The number of halogens is 4. The summed E-state index contributed by atoms with van der Waals surface area (Å²) < 4.78 is 43.3. The van der Waals surface area contributed by atoms with Gasteiger partial charge in [-0.25, -0.2) is 27.5 Å². The summed E-state index contributed by atoms with van der Waals surface area (Å²) in [4.78, 5) is 30.0. The number of β-amino-alcohol motifs (C(OH)–C–C–N with tert-alkyl or cyclic N) is 1. The fraction of sp³-hybridized carbons (Fsp3) is 0.188. The summed E-state index contributed by atoms with van der Waals surface area (Å²) in [6, 6.07) is 1.18. The van der Waals surface area contributed by atoms with Crippen LogP contribution in [0, 0.1) is 17.5 Å². The number of fused-ring (bicyclic) bond motifs is 1. The first-order valence-electron chi connectivity index (χ1n) is 8.11. The molecule has 0 radical (unpaired) electrons. The Labute approximate surface area is 164 Å². The van der Waals surface area contributed by atoms with Gasteiger partial charge >= 0.3 is 5.69 Å². The van der Waals surface area contributed by atoms with Gasteiger partial charge in [0.15, 0.2) is 23.3 Å². The Morgan fingerprint density at radius 1 is 1.14 bits per heavy atom. The zero-order valence-electron chi connectivity index (χ0n) is 14.4. The molecule has 1 fully saturated rings. The third-order valence-electron chi connectivity index (χ3n) is 4.57. The maximum Gasteiger partial charge on any atom is 0.356 e. The van der Waals surface area contributed by atoms with Crippen molar-refractivity contribution in [3.05, 3.63) is 55.4 Å². The van der Waals surface area contributed by atoms with Crippen LogP contribution in [0.2, 0.25) is 5.02 Å². The molecule has 0 bridgehead atoms. The molecule has 3 heterocycles. The predicted molar refractivity (Wildman–Crippen MR) is 99.3 cm³/mol. The van der Waals surface area contributed by atoms with Gasteiger partial charge in [0.2, 0.25) is 0 Å². The van der Waals surface area contributed by atoms with Crippen molar-refractivity contribution >= 4 is 34.0 Å². The minimum absolute atomic E-state index is 0.0520. The third kappa shape index (κ3) is 2.71. The first-order valence-corrected chi connectivity index (χ1v) is 8.49. The predicted octanol–water partition coefficient (Wildman–Crippen LogP) is 0.0950. The van der Waals surface area contributed by atoms with Crippen LogP contribution in [-0.4, -0.2) is 38.5 Å². The van der Waals surface area contributed by atoms with E-state index in [4.69, 9.17) is 23.2 Å². The molecule has 2 aromatic heterocycles. The van der Waals surface area contributed by atoms with Gasteiger partial charge in [0.25, 0.3) is 5.56 Å². The Morgan fingerprint density at radius 3 is 2.41 bits per heavy atom. The lowest BCUT2D eigenvalue weighted by Gasteiger charge is -2.38. The van der Waals surface area contributed by atoms with Gasteiger partial charge in [-0.3, -0.25) is 4.79 Å². The van der Waals surface area contributed by atoms with E-state index in [9.17, 15) is 27.9 Å². The van der Waals surface area contributed by atoms with Crippen LogP contribution in [0.3, 0.4) is 0 Å². The fourth-order valence-corrected chi connectivity index (χ4v) is 3.55. The number of nitrogens with two attached hydrogens (primary N) is 2. The lowest BCUT2D eigenvalue weighted by atomic mass is 10.1. The molecule has 1 aliphatic heterocycles. The van der Waals surface area contributed by atoms with Crippen molar-refractivity contribution in [1.82, 2.24) is 14.2 Å². The zero-order chi connectivity index (χ0) is 21.2. The van der Waals surface area contributed by atoms with Gasteiger partial charge in [-0.2, -0.15) is 4.68 Å². The van der Waals surface area contributed by atoms with Gasteiger partial charge < -0.3 is 21.6 Å². The highest BCUT2D eigenvalue weighted by Gasteiger charge is 2.31. The molecule has 13 heteroatoms. The van der Waals surface area contributed by atoms with E-state index in [0.29, 0.717) is 10.6 Å². The third-order valence-corrected chi connectivity index (χ3v) is 4.92. The van der Waals surface area contributed by atoms with Crippen molar-refractivity contribution in [2.75, 3.05) is 29.6 Å². The van der Waals surface area contributed by atoms with E-state index in [0.717, 1.165) is 6.07 Å². The lowest BCUT2D eigenvalue weighted by Crippen LogP contribution is -2.51. The van der Waals surface area contributed by atoms with Crippen LogP contribution >= 0.6 is 11.6 Å². The summed E-state index contributed by atoms with van der Waals surface area (Å²) >= 11 is 6.31. The van der Waals surface area contributed by atoms with Crippen LogP contribution in [0.25, 0.3) is 16.7 Å². The Bertz CT molecular complexity index is 1300. The molecule has 1 saturated heterocycles. The van der Waals surface area contributed by atoms with E-state index in [1.54, 1.807) is 0 Å². The first kappa shape index (κ1) is 19.1. The molecule has 0 unspecified atom stereocenters. The van der Waals surface area contributed by atoms with Gasteiger partial charge in [-0.15, -0.1) is 0 Å². The van der Waals surface area contributed by atoms with E-state index in [1.807, 2.05) is 0 Å². The minimum atomic E-state index is -1.29. The second-order valence-corrected chi connectivity index (χ2v) is 6.81. The summed E-state index contributed by atoms with van der Waals surface area (Å²) in [6.07, 6.45) is -0.712. The molecule has 0 spiro atoms. The van der Waals surface area contributed by atoms with Crippen molar-refractivity contribution in [2.24, 2.45) is 0 Å². The number of aliphatic hydroxyl groups excluding tert-OH is 1. The van der Waals surface area contributed by atoms with Crippen molar-refractivity contribution in [3.63, 3.8) is 0 Å². The minimum Gasteiger partial charge on any atom is -0.389 e.